The summed E-state index contributed by atoms with van der Waals surface area (Å²) in [6.45, 7) is 6.62. The molecule has 4 rings (SSSR count). The molecule has 2 aromatic carbocycles. The maximum atomic E-state index is 12.6. The molecule has 1 aliphatic rings. The van der Waals surface area contributed by atoms with Crippen molar-refractivity contribution in [2.24, 2.45) is 5.92 Å². The second kappa shape index (κ2) is 11.7. The van der Waals surface area contributed by atoms with Crippen molar-refractivity contribution >= 4 is 17.0 Å². The molecule has 1 aliphatic heterocycles. The Hall–Kier alpha value is -3.32. The second-order valence-electron chi connectivity index (χ2n) is 8.89. The van der Waals surface area contributed by atoms with Crippen LogP contribution in [0.1, 0.15) is 48.4 Å². The third-order valence-corrected chi connectivity index (χ3v) is 6.29. The van der Waals surface area contributed by atoms with E-state index < -0.39 is 11.9 Å². The van der Waals surface area contributed by atoms with Crippen LogP contribution in [0.15, 0.2) is 65.3 Å². The van der Waals surface area contributed by atoms with Gasteiger partial charge in [-0.1, -0.05) is 37.3 Å². The molecule has 0 radical (unpaired) electrons. The van der Waals surface area contributed by atoms with Crippen molar-refractivity contribution in [3.05, 3.63) is 72.3 Å². The Kier molecular flexibility index (Phi) is 8.20. The van der Waals surface area contributed by atoms with Crippen LogP contribution in [-0.2, 0) is 6.42 Å². The Morgan fingerprint density at radius 1 is 1.18 bits per heavy atom. The third-order valence-electron chi connectivity index (χ3n) is 6.29. The van der Waals surface area contributed by atoms with Crippen LogP contribution in [0.2, 0.25) is 0 Å². The Bertz CT molecular complexity index is 1050. The lowest BCUT2D eigenvalue weighted by Gasteiger charge is -2.22. The maximum absolute atomic E-state index is 12.6. The van der Waals surface area contributed by atoms with Gasteiger partial charge < -0.3 is 24.9 Å². The molecule has 1 atom stereocenters. The normalized spacial score (nSPS) is 15.2. The highest BCUT2D eigenvalue weighted by Crippen LogP contribution is 2.20. The molecule has 0 saturated carbocycles. The fraction of sp³-hybridized carbons (Fsp3) is 0.407. The van der Waals surface area contributed by atoms with Gasteiger partial charge in [-0.25, -0.2) is 4.98 Å². The number of aliphatic hydroxyl groups is 1. The van der Waals surface area contributed by atoms with Gasteiger partial charge in [-0.05, 0) is 80.9 Å². The summed E-state index contributed by atoms with van der Waals surface area (Å²) in [6.07, 6.45) is 6.50. The number of carbonyl (C=O) groups is 1. The number of aromatic nitrogens is 1. The Morgan fingerprint density at radius 3 is 2.68 bits per heavy atom. The van der Waals surface area contributed by atoms with Crippen LogP contribution in [-0.4, -0.2) is 41.7 Å². The summed E-state index contributed by atoms with van der Waals surface area (Å²) in [7, 11) is 0. The van der Waals surface area contributed by atoms with E-state index in [-0.39, 0.29) is 11.6 Å². The predicted octanol–water partition coefficient (Wildman–Crippen LogP) is 4.79. The summed E-state index contributed by atoms with van der Waals surface area (Å²) in [4.78, 5) is 16.8. The van der Waals surface area contributed by atoms with Crippen molar-refractivity contribution < 1.29 is 19.1 Å². The van der Waals surface area contributed by atoms with Crippen molar-refractivity contribution in [1.82, 2.24) is 15.6 Å². The molecule has 7 nitrogen and oxygen atoms in total. The summed E-state index contributed by atoms with van der Waals surface area (Å²) >= 11 is 0. The highest BCUT2D eigenvalue weighted by atomic mass is 16.5. The Morgan fingerprint density at radius 2 is 1.94 bits per heavy atom. The predicted molar refractivity (Wildman–Crippen MR) is 132 cm³/mol. The molecular formula is C27H33N3O4. The molecule has 1 aromatic heterocycles. The number of nitrogens with one attached hydrogen (secondary N) is 2. The lowest BCUT2D eigenvalue weighted by Crippen LogP contribution is -2.37. The molecule has 3 aromatic rings. The summed E-state index contributed by atoms with van der Waals surface area (Å²) < 4.78 is 11.4. The first-order valence-electron chi connectivity index (χ1n) is 12.0. The van der Waals surface area contributed by atoms with Crippen LogP contribution in [0, 0.1) is 5.92 Å². The number of carbonyl (C=O) groups excluding carboxylic acids is 1. The fourth-order valence-electron chi connectivity index (χ4n) is 4.29. The van der Waals surface area contributed by atoms with Gasteiger partial charge in [0, 0.05) is 0 Å². The van der Waals surface area contributed by atoms with Gasteiger partial charge in [0.15, 0.2) is 5.58 Å². The molecule has 0 spiro atoms. The highest BCUT2D eigenvalue weighted by molar-refractivity contribution is 5.92. The molecule has 1 unspecified atom stereocenters. The first-order valence-corrected chi connectivity index (χ1v) is 12.0. The van der Waals surface area contributed by atoms with E-state index in [4.69, 9.17) is 9.15 Å². The average Bonchev–Trinajstić information content (AvgIpc) is 3.29. The lowest BCUT2D eigenvalue weighted by molar-refractivity contribution is 0.0901. The van der Waals surface area contributed by atoms with Crippen LogP contribution in [0.25, 0.3) is 11.1 Å². The second-order valence-corrected chi connectivity index (χ2v) is 8.89. The molecule has 0 bridgehead atoms. The molecule has 180 valence electrons. The van der Waals surface area contributed by atoms with Gasteiger partial charge in [-0.2, -0.15) is 0 Å². The number of benzene rings is 2. The van der Waals surface area contributed by atoms with Gasteiger partial charge in [-0.15, -0.1) is 0 Å². The molecular weight excluding hydrogens is 430 g/mol. The number of para-hydroxylation sites is 2. The van der Waals surface area contributed by atoms with E-state index in [9.17, 15) is 9.90 Å². The molecule has 34 heavy (non-hydrogen) atoms. The average molecular weight is 464 g/mol. The van der Waals surface area contributed by atoms with E-state index in [0.717, 1.165) is 36.7 Å². The van der Waals surface area contributed by atoms with Gasteiger partial charge in [-0.3, -0.25) is 4.79 Å². The number of hydrogen-bond acceptors (Lipinski definition) is 6. The zero-order valence-electron chi connectivity index (χ0n) is 19.5. The smallest absolute Gasteiger partial charge is 0.307 e. The third kappa shape index (κ3) is 6.60. The van der Waals surface area contributed by atoms with Crippen LogP contribution in [0.4, 0.5) is 0 Å². The van der Waals surface area contributed by atoms with Crippen LogP contribution >= 0.6 is 0 Å². The van der Waals surface area contributed by atoms with Gasteiger partial charge in [0.1, 0.15) is 17.0 Å². The van der Waals surface area contributed by atoms with E-state index in [1.165, 1.54) is 25.7 Å². The topological polar surface area (TPSA) is 96.6 Å². The number of amides is 1. The van der Waals surface area contributed by atoms with Crippen LogP contribution < -0.4 is 15.4 Å². The van der Waals surface area contributed by atoms with E-state index in [1.807, 2.05) is 36.4 Å². The van der Waals surface area contributed by atoms with Crippen molar-refractivity contribution in [1.29, 1.82) is 0 Å². The largest absolute Gasteiger partial charge is 0.511 e. The van der Waals surface area contributed by atoms with Crippen LogP contribution in [0.3, 0.4) is 0 Å². The Balaban J connectivity index is 1.24. The first kappa shape index (κ1) is 23.8. The molecule has 1 fully saturated rings. The minimum atomic E-state index is -0.663. The van der Waals surface area contributed by atoms with E-state index in [1.54, 1.807) is 12.1 Å². The lowest BCUT2D eigenvalue weighted by atomic mass is 9.93. The number of ether oxygens (including phenoxy) is 1. The van der Waals surface area contributed by atoms with E-state index in [0.29, 0.717) is 24.1 Å². The first-order chi connectivity index (χ1) is 16.6. The van der Waals surface area contributed by atoms with E-state index >= 15 is 0 Å². The zero-order valence-corrected chi connectivity index (χ0v) is 19.5. The summed E-state index contributed by atoms with van der Waals surface area (Å²) in [5, 5.41) is 16.2. The SMILES string of the molecule is C=C(O)C(Cc1ccc(OCCCCC2CCNCC2)cc1)NC(=O)c1nc2ccccc2o1. The number of piperidine rings is 1. The number of hydrogen-bond donors (Lipinski definition) is 3. The molecule has 0 aliphatic carbocycles. The molecule has 7 heteroatoms. The number of unbranched alkanes of at least 4 members (excludes halogenated alkanes) is 1. The van der Waals surface area contributed by atoms with Gasteiger partial charge in [0.25, 0.3) is 5.89 Å². The van der Waals surface area contributed by atoms with Crippen molar-refractivity contribution in [3.8, 4) is 5.75 Å². The minimum Gasteiger partial charge on any atom is -0.511 e. The number of oxazole rings is 1. The van der Waals surface area contributed by atoms with Gasteiger partial charge >= 0.3 is 5.91 Å². The monoisotopic (exact) mass is 463 g/mol. The number of rotatable bonds is 11. The maximum Gasteiger partial charge on any atom is 0.307 e. The summed E-state index contributed by atoms with van der Waals surface area (Å²) in [5.41, 5.74) is 2.08. The number of fused-ring (bicyclic) bond motifs is 1. The molecule has 1 saturated heterocycles. The van der Waals surface area contributed by atoms with Crippen molar-refractivity contribution in [3.63, 3.8) is 0 Å². The summed E-state index contributed by atoms with van der Waals surface area (Å²) in [6, 6.07) is 14.2. The van der Waals surface area contributed by atoms with Gasteiger partial charge in [0.05, 0.1) is 12.6 Å². The van der Waals surface area contributed by atoms with Gasteiger partial charge in [0.2, 0.25) is 0 Å². The zero-order chi connectivity index (χ0) is 23.8. The molecule has 2 heterocycles. The van der Waals surface area contributed by atoms with E-state index in [2.05, 4.69) is 22.2 Å². The quantitative estimate of drug-likeness (QED) is 0.279. The number of nitrogens with zero attached hydrogens (tertiary/aromatic N) is 1. The number of aliphatic hydroxyl groups excluding tert-OH is 1. The fourth-order valence-corrected chi connectivity index (χ4v) is 4.29. The highest BCUT2D eigenvalue weighted by Gasteiger charge is 2.21. The molecule has 1 amide bonds. The molecule has 3 N–H and O–H groups in total. The summed E-state index contributed by atoms with van der Waals surface area (Å²) in [5.74, 6) is 1.01. The van der Waals surface area contributed by atoms with Crippen molar-refractivity contribution in [2.45, 2.75) is 44.6 Å². The van der Waals surface area contributed by atoms with Crippen molar-refractivity contribution in [2.75, 3.05) is 19.7 Å². The standard InChI is InChI=1S/C27H33N3O4/c1-19(31)24(29-26(32)27-30-23-7-2-3-8-25(23)34-27)18-21-9-11-22(12-10-21)33-17-5-4-6-20-13-15-28-16-14-20/h2-3,7-12,20,24,28,31H,1,4-6,13-18H2,(H,29,32). The minimum absolute atomic E-state index is 0.0450. The Labute approximate surface area is 200 Å². The van der Waals surface area contributed by atoms with Crippen LogP contribution in [0.5, 0.6) is 5.75 Å².